The van der Waals surface area contributed by atoms with E-state index in [2.05, 4.69) is 5.32 Å². The van der Waals surface area contributed by atoms with E-state index in [4.69, 9.17) is 34.5 Å². The molecule has 0 radical (unpaired) electrons. The van der Waals surface area contributed by atoms with E-state index in [0.29, 0.717) is 52.8 Å². The molecule has 1 aliphatic rings. The number of carbonyl (C=O) groups is 1. The summed E-state index contributed by atoms with van der Waals surface area (Å²) in [6, 6.07) is -1.20. The van der Waals surface area contributed by atoms with Crippen LogP contribution in [0.2, 0.25) is 0 Å². The van der Waals surface area contributed by atoms with Crippen LogP contribution in [0.1, 0.15) is 6.42 Å². The molecular weight excluding hydrogens is 392 g/mol. The molecular formula is C17H34N2O10. The van der Waals surface area contributed by atoms with Crippen molar-refractivity contribution in [3.63, 3.8) is 0 Å². The summed E-state index contributed by atoms with van der Waals surface area (Å²) >= 11 is 0. The van der Waals surface area contributed by atoms with Crippen LogP contribution in [0.25, 0.3) is 0 Å². The van der Waals surface area contributed by atoms with Crippen molar-refractivity contribution < 1.29 is 48.9 Å². The van der Waals surface area contributed by atoms with E-state index in [1.165, 1.54) is 0 Å². The molecule has 1 heterocycles. The summed E-state index contributed by atoms with van der Waals surface area (Å²) in [4.78, 5) is 11.9. The van der Waals surface area contributed by atoms with Gasteiger partial charge in [0.05, 0.1) is 59.5 Å². The molecule has 12 nitrogen and oxygen atoms in total. The number of ether oxygens (including phenoxy) is 5. The predicted octanol–water partition coefficient (Wildman–Crippen LogP) is -3.68. The van der Waals surface area contributed by atoms with Gasteiger partial charge in [-0.05, 0) is 0 Å². The van der Waals surface area contributed by atoms with Gasteiger partial charge < -0.3 is 55.2 Å². The number of aliphatic hydroxyl groups is 4. The zero-order valence-corrected chi connectivity index (χ0v) is 16.5. The fourth-order valence-electron chi connectivity index (χ4n) is 2.52. The van der Waals surface area contributed by atoms with Gasteiger partial charge in [0.25, 0.3) is 0 Å². The van der Waals surface area contributed by atoms with Gasteiger partial charge >= 0.3 is 0 Å². The molecule has 0 spiro atoms. The van der Waals surface area contributed by atoms with Crippen molar-refractivity contribution in [2.24, 2.45) is 5.73 Å². The van der Waals surface area contributed by atoms with E-state index in [-0.39, 0.29) is 13.0 Å². The molecule has 0 aromatic carbocycles. The van der Waals surface area contributed by atoms with Gasteiger partial charge in [-0.2, -0.15) is 0 Å². The summed E-state index contributed by atoms with van der Waals surface area (Å²) in [6.45, 7) is 2.99. The Labute approximate surface area is 169 Å². The quantitative estimate of drug-likeness (QED) is 0.134. The molecule has 1 saturated heterocycles. The molecule has 172 valence electrons. The normalized spacial score (nSPS) is 27.1. The predicted molar refractivity (Wildman–Crippen MR) is 98.9 cm³/mol. The Hall–Kier alpha value is -0.930. The van der Waals surface area contributed by atoms with Crippen LogP contribution in [0.4, 0.5) is 0 Å². The first-order valence-corrected chi connectivity index (χ1v) is 9.62. The van der Waals surface area contributed by atoms with Crippen molar-refractivity contribution in [2.75, 3.05) is 66.0 Å². The minimum Gasteiger partial charge on any atom is -0.394 e. The standard InChI is InChI=1S/C17H34N2O10/c18-2-4-26-6-8-28-10-9-27-7-5-25-3-1-13(21)19-14-16(23)15(22)12(11-20)29-17(14)24/h12,14-17,20,22-24H,1-11,18H2,(H,19,21)/t12?,14?,15-,16-,17-/m1/s1. The number of hydrogen-bond donors (Lipinski definition) is 6. The van der Waals surface area contributed by atoms with Gasteiger partial charge in [-0.15, -0.1) is 0 Å². The second-order valence-corrected chi connectivity index (χ2v) is 6.31. The van der Waals surface area contributed by atoms with Crippen LogP contribution in [-0.4, -0.2) is 123 Å². The molecule has 1 aliphatic heterocycles. The fourth-order valence-corrected chi connectivity index (χ4v) is 2.52. The number of nitrogens with two attached hydrogens (primary N) is 1. The highest BCUT2D eigenvalue weighted by atomic mass is 16.6. The topological polar surface area (TPSA) is 182 Å². The van der Waals surface area contributed by atoms with Crippen LogP contribution >= 0.6 is 0 Å². The highest BCUT2D eigenvalue weighted by molar-refractivity contribution is 5.76. The molecule has 0 aromatic heterocycles. The molecule has 5 atom stereocenters. The minimum absolute atomic E-state index is 0.0125. The largest absolute Gasteiger partial charge is 0.394 e. The van der Waals surface area contributed by atoms with Crippen molar-refractivity contribution in [1.82, 2.24) is 5.32 Å². The van der Waals surface area contributed by atoms with Crippen molar-refractivity contribution >= 4 is 5.91 Å². The highest BCUT2D eigenvalue weighted by Crippen LogP contribution is 2.19. The first-order chi connectivity index (χ1) is 14.0. The fraction of sp³-hybridized carbons (Fsp3) is 0.941. The van der Waals surface area contributed by atoms with Crippen molar-refractivity contribution in [2.45, 2.75) is 37.1 Å². The van der Waals surface area contributed by atoms with Gasteiger partial charge in [-0.1, -0.05) is 0 Å². The van der Waals surface area contributed by atoms with E-state index < -0.39 is 43.2 Å². The lowest BCUT2D eigenvalue weighted by Crippen LogP contribution is -2.64. The molecule has 12 heteroatoms. The first-order valence-electron chi connectivity index (χ1n) is 9.62. The molecule has 0 aliphatic carbocycles. The van der Waals surface area contributed by atoms with Crippen LogP contribution in [0, 0.1) is 0 Å². The minimum atomic E-state index is -1.54. The van der Waals surface area contributed by atoms with Crippen LogP contribution in [-0.2, 0) is 28.5 Å². The molecule has 7 N–H and O–H groups in total. The Kier molecular flexibility index (Phi) is 14.3. The lowest BCUT2D eigenvalue weighted by molar-refractivity contribution is -0.253. The molecule has 1 fully saturated rings. The maximum Gasteiger partial charge on any atom is 0.222 e. The Morgan fingerprint density at radius 3 is 1.90 bits per heavy atom. The summed E-state index contributed by atoms with van der Waals surface area (Å²) in [7, 11) is 0. The number of amides is 1. The zero-order chi connectivity index (χ0) is 21.5. The van der Waals surface area contributed by atoms with Crippen LogP contribution < -0.4 is 11.1 Å². The number of rotatable bonds is 16. The monoisotopic (exact) mass is 426 g/mol. The number of carbonyl (C=O) groups excluding carboxylic acids is 1. The Morgan fingerprint density at radius 1 is 0.862 bits per heavy atom. The van der Waals surface area contributed by atoms with Gasteiger partial charge in [0.15, 0.2) is 6.29 Å². The molecule has 0 aromatic rings. The SMILES string of the molecule is NCCOCCOCCOCCOCCC(=O)NC1[C@H](O)OC(CO)[C@@H](O)[C@@H]1O. The van der Waals surface area contributed by atoms with E-state index in [9.17, 15) is 20.1 Å². The number of hydrogen-bond acceptors (Lipinski definition) is 11. The summed E-state index contributed by atoms with van der Waals surface area (Å²) in [6.07, 6.45) is -5.57. The second kappa shape index (κ2) is 15.8. The third-order valence-corrected chi connectivity index (χ3v) is 4.08. The molecule has 0 saturated carbocycles. The third kappa shape index (κ3) is 10.6. The lowest BCUT2D eigenvalue weighted by Gasteiger charge is -2.40. The highest BCUT2D eigenvalue weighted by Gasteiger charge is 2.44. The smallest absolute Gasteiger partial charge is 0.222 e. The van der Waals surface area contributed by atoms with Gasteiger partial charge in [0, 0.05) is 13.0 Å². The average molecular weight is 426 g/mol. The molecule has 2 unspecified atom stereocenters. The molecule has 1 rings (SSSR count). The van der Waals surface area contributed by atoms with Gasteiger partial charge in [0.2, 0.25) is 5.91 Å². The van der Waals surface area contributed by atoms with Crippen molar-refractivity contribution in [3.8, 4) is 0 Å². The average Bonchev–Trinajstić information content (AvgIpc) is 2.71. The summed E-state index contributed by atoms with van der Waals surface area (Å²) in [5, 5.41) is 40.9. The van der Waals surface area contributed by atoms with E-state index in [1.807, 2.05) is 0 Å². The van der Waals surface area contributed by atoms with Gasteiger partial charge in [-0.3, -0.25) is 4.79 Å². The Balaban J connectivity index is 2.00. The van der Waals surface area contributed by atoms with E-state index >= 15 is 0 Å². The Bertz CT molecular complexity index is 431. The van der Waals surface area contributed by atoms with Crippen molar-refractivity contribution in [3.05, 3.63) is 0 Å². The van der Waals surface area contributed by atoms with Crippen LogP contribution in [0.5, 0.6) is 0 Å². The maximum absolute atomic E-state index is 11.9. The van der Waals surface area contributed by atoms with Crippen molar-refractivity contribution in [1.29, 1.82) is 0 Å². The second-order valence-electron chi connectivity index (χ2n) is 6.31. The number of nitrogens with one attached hydrogen (secondary N) is 1. The zero-order valence-electron chi connectivity index (χ0n) is 16.5. The summed E-state index contributed by atoms with van der Waals surface area (Å²) in [5.74, 6) is -0.488. The Morgan fingerprint density at radius 2 is 1.38 bits per heavy atom. The van der Waals surface area contributed by atoms with Crippen LogP contribution in [0.3, 0.4) is 0 Å². The molecule has 29 heavy (non-hydrogen) atoms. The van der Waals surface area contributed by atoms with Gasteiger partial charge in [0.1, 0.15) is 24.4 Å². The van der Waals surface area contributed by atoms with Crippen LogP contribution in [0.15, 0.2) is 0 Å². The molecule has 0 bridgehead atoms. The van der Waals surface area contributed by atoms with Gasteiger partial charge in [-0.25, -0.2) is 0 Å². The number of aliphatic hydroxyl groups excluding tert-OH is 4. The maximum atomic E-state index is 11.9. The van der Waals surface area contributed by atoms with E-state index in [1.54, 1.807) is 0 Å². The summed E-state index contributed by atoms with van der Waals surface area (Å²) in [5.41, 5.74) is 5.28. The van der Waals surface area contributed by atoms with E-state index in [0.717, 1.165) is 0 Å². The third-order valence-electron chi connectivity index (χ3n) is 4.08. The summed E-state index contributed by atoms with van der Waals surface area (Å²) < 4.78 is 26.0. The lowest BCUT2D eigenvalue weighted by atomic mass is 9.97. The first kappa shape index (κ1) is 26.1. The molecule has 1 amide bonds.